The van der Waals surface area contributed by atoms with Gasteiger partial charge >= 0.3 is 5.97 Å². The van der Waals surface area contributed by atoms with Crippen LogP contribution in [0, 0.1) is 0 Å². The average Bonchev–Trinajstić information content (AvgIpc) is 2.69. The Morgan fingerprint density at radius 1 is 1.31 bits per heavy atom. The van der Waals surface area contributed by atoms with Gasteiger partial charge in [0.25, 0.3) is 0 Å². The molecule has 1 aromatic carbocycles. The van der Waals surface area contributed by atoms with Gasteiger partial charge in [-0.05, 0) is 12.0 Å². The average molecular weight is 218 g/mol. The first-order chi connectivity index (χ1) is 7.81. The summed E-state index contributed by atoms with van der Waals surface area (Å²) in [4.78, 5) is 11.7. The fourth-order valence-corrected chi connectivity index (χ4v) is 2.22. The van der Waals surface area contributed by atoms with Crippen LogP contribution in [0.4, 0.5) is 0 Å². The van der Waals surface area contributed by atoms with Crippen LogP contribution in [-0.4, -0.2) is 12.1 Å². The van der Waals surface area contributed by atoms with Gasteiger partial charge in [0.2, 0.25) is 0 Å². The molecule has 0 unspecified atom stereocenters. The van der Waals surface area contributed by atoms with Gasteiger partial charge in [-0.1, -0.05) is 50.1 Å². The maximum atomic E-state index is 11.7. The first kappa shape index (κ1) is 11.2. The SMILES string of the molecule is CCCC[C@H]1C[C@@H](c2ccccc2)C(=O)O1. The van der Waals surface area contributed by atoms with E-state index in [1.807, 2.05) is 30.3 Å². The fourth-order valence-electron chi connectivity index (χ4n) is 2.22. The van der Waals surface area contributed by atoms with Crippen LogP contribution in [0.5, 0.6) is 0 Å². The van der Waals surface area contributed by atoms with E-state index in [2.05, 4.69) is 6.92 Å². The molecule has 0 aromatic heterocycles. The Kier molecular flexibility index (Phi) is 3.60. The summed E-state index contributed by atoms with van der Waals surface area (Å²) in [5.74, 6) is -0.0876. The van der Waals surface area contributed by atoms with Gasteiger partial charge in [0.1, 0.15) is 6.10 Å². The summed E-state index contributed by atoms with van der Waals surface area (Å²) in [6.45, 7) is 2.16. The summed E-state index contributed by atoms with van der Waals surface area (Å²) in [6.07, 6.45) is 4.29. The van der Waals surface area contributed by atoms with Crippen LogP contribution in [0.2, 0.25) is 0 Å². The Bertz CT molecular complexity index is 345. The second kappa shape index (κ2) is 5.15. The maximum Gasteiger partial charge on any atom is 0.313 e. The number of cyclic esters (lactones) is 1. The summed E-state index contributed by atoms with van der Waals surface area (Å²) in [7, 11) is 0. The van der Waals surface area contributed by atoms with E-state index < -0.39 is 0 Å². The van der Waals surface area contributed by atoms with E-state index in [0.717, 1.165) is 31.2 Å². The number of unbranched alkanes of at least 4 members (excludes halogenated alkanes) is 1. The molecule has 0 aliphatic carbocycles. The number of carbonyl (C=O) groups is 1. The quantitative estimate of drug-likeness (QED) is 0.725. The number of benzene rings is 1. The highest BCUT2D eigenvalue weighted by Gasteiger charge is 2.34. The highest BCUT2D eigenvalue weighted by atomic mass is 16.5. The van der Waals surface area contributed by atoms with Gasteiger partial charge < -0.3 is 4.74 Å². The molecule has 16 heavy (non-hydrogen) atoms. The largest absolute Gasteiger partial charge is 0.462 e. The van der Waals surface area contributed by atoms with E-state index in [0.29, 0.717) is 0 Å². The predicted molar refractivity (Wildman–Crippen MR) is 63.2 cm³/mol. The third-order valence-electron chi connectivity index (χ3n) is 3.15. The van der Waals surface area contributed by atoms with Gasteiger partial charge in [-0.2, -0.15) is 0 Å². The molecular weight excluding hydrogens is 200 g/mol. The summed E-state index contributed by atoms with van der Waals surface area (Å²) in [5.41, 5.74) is 1.09. The molecular formula is C14H18O2. The van der Waals surface area contributed by atoms with E-state index in [4.69, 9.17) is 4.74 Å². The molecule has 86 valence electrons. The van der Waals surface area contributed by atoms with E-state index >= 15 is 0 Å². The van der Waals surface area contributed by atoms with Crippen molar-refractivity contribution in [3.8, 4) is 0 Å². The van der Waals surface area contributed by atoms with Gasteiger partial charge in [-0.15, -0.1) is 0 Å². The monoisotopic (exact) mass is 218 g/mol. The smallest absolute Gasteiger partial charge is 0.313 e. The highest BCUT2D eigenvalue weighted by Crippen LogP contribution is 2.32. The van der Waals surface area contributed by atoms with E-state index in [1.54, 1.807) is 0 Å². The van der Waals surface area contributed by atoms with Crippen LogP contribution in [0.25, 0.3) is 0 Å². The lowest BCUT2D eigenvalue weighted by atomic mass is 9.94. The first-order valence-electron chi connectivity index (χ1n) is 6.06. The lowest BCUT2D eigenvalue weighted by Crippen LogP contribution is -2.06. The van der Waals surface area contributed by atoms with Crippen molar-refractivity contribution in [3.05, 3.63) is 35.9 Å². The maximum absolute atomic E-state index is 11.7. The van der Waals surface area contributed by atoms with Crippen LogP contribution >= 0.6 is 0 Å². The van der Waals surface area contributed by atoms with Crippen molar-refractivity contribution >= 4 is 5.97 Å². The summed E-state index contributed by atoms with van der Waals surface area (Å²) in [5, 5.41) is 0. The Morgan fingerprint density at radius 3 is 2.75 bits per heavy atom. The number of ether oxygens (including phenoxy) is 1. The van der Waals surface area contributed by atoms with Crippen molar-refractivity contribution in [2.75, 3.05) is 0 Å². The molecule has 0 N–H and O–H groups in total. The Labute approximate surface area is 96.6 Å². The molecule has 0 bridgehead atoms. The molecule has 2 atom stereocenters. The highest BCUT2D eigenvalue weighted by molar-refractivity contribution is 5.80. The molecule has 1 aliphatic rings. The van der Waals surface area contributed by atoms with Crippen LogP contribution in [0.15, 0.2) is 30.3 Å². The molecule has 1 heterocycles. The number of rotatable bonds is 4. The zero-order valence-electron chi connectivity index (χ0n) is 9.69. The van der Waals surface area contributed by atoms with Crippen LogP contribution in [0.3, 0.4) is 0 Å². The van der Waals surface area contributed by atoms with Gasteiger partial charge in [-0.25, -0.2) is 0 Å². The Hall–Kier alpha value is -1.31. The van der Waals surface area contributed by atoms with Gasteiger partial charge in [0, 0.05) is 6.42 Å². The molecule has 1 fully saturated rings. The van der Waals surface area contributed by atoms with Crippen molar-refractivity contribution in [2.45, 2.75) is 44.6 Å². The fraction of sp³-hybridized carbons (Fsp3) is 0.500. The van der Waals surface area contributed by atoms with Crippen molar-refractivity contribution in [2.24, 2.45) is 0 Å². The van der Waals surface area contributed by atoms with Gasteiger partial charge in [0.05, 0.1) is 5.92 Å². The normalized spacial score (nSPS) is 24.4. The zero-order chi connectivity index (χ0) is 11.4. The Balaban J connectivity index is 2.00. The lowest BCUT2D eigenvalue weighted by molar-refractivity contribution is -0.142. The topological polar surface area (TPSA) is 26.3 Å². The second-order valence-electron chi connectivity index (χ2n) is 4.40. The van der Waals surface area contributed by atoms with E-state index in [-0.39, 0.29) is 18.0 Å². The molecule has 1 saturated heterocycles. The number of hydrogen-bond donors (Lipinski definition) is 0. The first-order valence-corrected chi connectivity index (χ1v) is 6.06. The summed E-state index contributed by atoms with van der Waals surface area (Å²) < 4.78 is 5.39. The minimum atomic E-state index is -0.0488. The minimum Gasteiger partial charge on any atom is -0.462 e. The molecule has 2 nitrogen and oxygen atoms in total. The van der Waals surface area contributed by atoms with Crippen LogP contribution in [0.1, 0.15) is 44.1 Å². The number of carbonyl (C=O) groups excluding carboxylic acids is 1. The molecule has 0 amide bonds. The molecule has 0 spiro atoms. The number of hydrogen-bond acceptors (Lipinski definition) is 2. The van der Waals surface area contributed by atoms with Crippen LogP contribution in [-0.2, 0) is 9.53 Å². The molecule has 1 aliphatic heterocycles. The van der Waals surface area contributed by atoms with Gasteiger partial charge in [-0.3, -0.25) is 4.79 Å². The van der Waals surface area contributed by atoms with E-state index in [9.17, 15) is 4.79 Å². The van der Waals surface area contributed by atoms with E-state index in [1.165, 1.54) is 0 Å². The predicted octanol–water partition coefficient (Wildman–Crippen LogP) is 3.28. The van der Waals surface area contributed by atoms with Gasteiger partial charge in [0.15, 0.2) is 0 Å². The van der Waals surface area contributed by atoms with Crippen LogP contribution < -0.4 is 0 Å². The second-order valence-corrected chi connectivity index (χ2v) is 4.40. The third kappa shape index (κ3) is 2.43. The van der Waals surface area contributed by atoms with Crippen molar-refractivity contribution in [1.82, 2.24) is 0 Å². The standard InChI is InChI=1S/C14H18O2/c1-2-3-9-12-10-13(14(15)16-12)11-7-5-4-6-8-11/h4-8,12-13H,2-3,9-10H2,1H3/t12-,13-/m0/s1. The zero-order valence-corrected chi connectivity index (χ0v) is 9.69. The van der Waals surface area contributed by atoms with Crippen molar-refractivity contribution in [1.29, 1.82) is 0 Å². The lowest BCUT2D eigenvalue weighted by Gasteiger charge is -2.06. The third-order valence-corrected chi connectivity index (χ3v) is 3.15. The summed E-state index contributed by atoms with van der Waals surface area (Å²) >= 11 is 0. The minimum absolute atomic E-state index is 0.0388. The molecule has 0 radical (unpaired) electrons. The van der Waals surface area contributed by atoms with Crippen molar-refractivity contribution in [3.63, 3.8) is 0 Å². The molecule has 0 saturated carbocycles. The molecule has 1 aromatic rings. The summed E-state index contributed by atoms with van der Waals surface area (Å²) in [6, 6.07) is 9.94. The number of esters is 1. The molecule has 2 rings (SSSR count). The van der Waals surface area contributed by atoms with Crippen molar-refractivity contribution < 1.29 is 9.53 Å². The Morgan fingerprint density at radius 2 is 2.06 bits per heavy atom. The molecule has 2 heteroatoms.